The molecule has 1 aromatic rings. The van der Waals surface area contributed by atoms with Crippen molar-refractivity contribution in [3.05, 3.63) is 29.8 Å². The fraction of sp³-hybridized carbons (Fsp3) is 0.250. The number of aliphatic hydroxyl groups excluding tert-OH is 1. The van der Waals surface area contributed by atoms with Crippen LogP contribution in [-0.2, 0) is 6.61 Å². The molecule has 1 aromatic carbocycles. The van der Waals surface area contributed by atoms with Gasteiger partial charge in [0.2, 0.25) is 0 Å². The van der Waals surface area contributed by atoms with E-state index >= 15 is 0 Å². The number of halogens is 1. The van der Waals surface area contributed by atoms with E-state index in [1.807, 2.05) is 12.1 Å². The van der Waals surface area contributed by atoms with Gasteiger partial charge in [-0.1, -0.05) is 18.2 Å². The molecule has 0 aliphatic rings. The molecule has 1 atom stereocenters. The molecule has 1 unspecified atom stereocenters. The first-order valence-corrected chi connectivity index (χ1v) is 4.85. The summed E-state index contributed by atoms with van der Waals surface area (Å²) in [6, 6.07) is 7.28. The number of benzene rings is 1. The molecule has 0 amide bonds. The molecular weight excluding hydrogens is 240 g/mol. The Morgan fingerprint density at radius 1 is 1.50 bits per heavy atom. The molecular formula is C8H9BrO2S. The van der Waals surface area contributed by atoms with E-state index in [1.54, 1.807) is 12.1 Å². The van der Waals surface area contributed by atoms with Crippen LogP contribution in [0.3, 0.4) is 0 Å². The number of rotatable bonds is 3. The van der Waals surface area contributed by atoms with Crippen molar-refractivity contribution in [1.82, 2.24) is 0 Å². The lowest BCUT2D eigenvalue weighted by atomic mass is 10.2. The van der Waals surface area contributed by atoms with Gasteiger partial charge in [0.05, 0.1) is 6.61 Å². The Hall–Kier alpha value is -0.190. The van der Waals surface area contributed by atoms with Crippen LogP contribution in [0, 0.1) is 0 Å². The lowest BCUT2D eigenvalue weighted by Crippen LogP contribution is -2.01. The molecule has 0 heterocycles. The Kier molecular flexibility index (Phi) is 3.91. The Balaban J connectivity index is 2.82. The van der Waals surface area contributed by atoms with Crippen LogP contribution in [0.25, 0.3) is 0 Å². The highest BCUT2D eigenvalue weighted by molar-refractivity contribution is 9.11. The van der Waals surface area contributed by atoms with Gasteiger partial charge in [0.15, 0.2) is 4.35 Å². The minimum absolute atomic E-state index is 0.0241. The van der Waals surface area contributed by atoms with Crippen LogP contribution in [0.1, 0.15) is 5.56 Å². The molecule has 0 aromatic heterocycles. The minimum atomic E-state index is -0.342. The maximum Gasteiger partial charge on any atom is 0.196 e. The highest BCUT2D eigenvalue weighted by Gasteiger charge is 2.03. The summed E-state index contributed by atoms with van der Waals surface area (Å²) in [6.07, 6.45) is 0. The second-order valence-corrected chi connectivity index (χ2v) is 4.18. The van der Waals surface area contributed by atoms with E-state index in [2.05, 4.69) is 28.6 Å². The maximum atomic E-state index is 8.91. The van der Waals surface area contributed by atoms with Gasteiger partial charge in [0.1, 0.15) is 5.75 Å². The van der Waals surface area contributed by atoms with Gasteiger partial charge in [0.25, 0.3) is 0 Å². The Bertz CT molecular complexity index is 253. The number of hydrogen-bond acceptors (Lipinski definition) is 3. The highest BCUT2D eigenvalue weighted by Crippen LogP contribution is 2.21. The van der Waals surface area contributed by atoms with Crippen molar-refractivity contribution in [3.8, 4) is 5.75 Å². The molecule has 0 saturated carbocycles. The predicted octanol–water partition coefficient (Wildman–Crippen LogP) is 2.17. The first-order valence-electron chi connectivity index (χ1n) is 3.41. The lowest BCUT2D eigenvalue weighted by molar-refractivity contribution is 0.271. The van der Waals surface area contributed by atoms with Crippen LogP contribution in [0.15, 0.2) is 24.3 Å². The summed E-state index contributed by atoms with van der Waals surface area (Å²) in [6.45, 7) is -0.0241. The molecule has 0 aliphatic carbocycles. The molecule has 0 bridgehead atoms. The van der Waals surface area contributed by atoms with Crippen molar-refractivity contribution in [2.24, 2.45) is 0 Å². The van der Waals surface area contributed by atoms with Gasteiger partial charge in [-0.25, -0.2) is 0 Å². The van der Waals surface area contributed by atoms with Gasteiger partial charge in [-0.2, -0.15) is 0 Å². The quantitative estimate of drug-likeness (QED) is 0.488. The number of thiol groups is 1. The van der Waals surface area contributed by atoms with Gasteiger partial charge in [0, 0.05) is 5.56 Å². The number of alkyl halides is 1. The largest absolute Gasteiger partial charge is 0.469 e. The Labute approximate surface area is 85.1 Å². The molecule has 0 radical (unpaired) electrons. The zero-order chi connectivity index (χ0) is 8.97. The van der Waals surface area contributed by atoms with Gasteiger partial charge < -0.3 is 9.84 Å². The predicted molar refractivity (Wildman–Crippen MR) is 54.7 cm³/mol. The van der Waals surface area contributed by atoms with E-state index in [1.165, 1.54) is 0 Å². The second kappa shape index (κ2) is 4.74. The van der Waals surface area contributed by atoms with Crippen molar-refractivity contribution < 1.29 is 9.84 Å². The number of para-hydroxylation sites is 1. The standard InChI is InChI=1S/C8H9BrO2S/c9-8(12)11-7-4-2-1-3-6(7)5-10/h1-4,8,10,12H,5H2. The third-order valence-electron chi connectivity index (χ3n) is 1.37. The summed E-state index contributed by atoms with van der Waals surface area (Å²) in [5, 5.41) is 8.91. The zero-order valence-corrected chi connectivity index (χ0v) is 8.75. The van der Waals surface area contributed by atoms with Crippen molar-refractivity contribution in [3.63, 3.8) is 0 Å². The summed E-state index contributed by atoms with van der Waals surface area (Å²) in [5.74, 6) is 0.650. The molecule has 2 nitrogen and oxygen atoms in total. The van der Waals surface area contributed by atoms with E-state index in [-0.39, 0.29) is 11.0 Å². The molecule has 12 heavy (non-hydrogen) atoms. The Morgan fingerprint density at radius 3 is 2.75 bits per heavy atom. The summed E-state index contributed by atoms with van der Waals surface area (Å²) < 4.78 is 4.91. The summed E-state index contributed by atoms with van der Waals surface area (Å²) in [5.41, 5.74) is 0.760. The average molecular weight is 249 g/mol. The van der Waals surface area contributed by atoms with Crippen molar-refractivity contribution >= 4 is 28.6 Å². The summed E-state index contributed by atoms with van der Waals surface area (Å²) in [7, 11) is 0. The monoisotopic (exact) mass is 248 g/mol. The van der Waals surface area contributed by atoms with Crippen LogP contribution in [0.2, 0.25) is 0 Å². The first-order chi connectivity index (χ1) is 5.74. The van der Waals surface area contributed by atoms with Gasteiger partial charge in [-0.15, -0.1) is 12.6 Å². The third kappa shape index (κ3) is 2.69. The maximum absolute atomic E-state index is 8.91. The number of aliphatic hydroxyl groups is 1. The second-order valence-electron chi connectivity index (χ2n) is 2.18. The van der Waals surface area contributed by atoms with Crippen LogP contribution in [0.5, 0.6) is 5.75 Å². The van der Waals surface area contributed by atoms with Crippen molar-refractivity contribution in [1.29, 1.82) is 0 Å². The smallest absolute Gasteiger partial charge is 0.196 e. The fourth-order valence-electron chi connectivity index (χ4n) is 0.854. The van der Waals surface area contributed by atoms with E-state index in [0.29, 0.717) is 5.75 Å². The summed E-state index contributed by atoms with van der Waals surface area (Å²) in [4.78, 5) is 0. The Morgan fingerprint density at radius 2 is 2.17 bits per heavy atom. The van der Waals surface area contributed by atoms with Gasteiger partial charge in [-0.05, 0) is 22.0 Å². The van der Waals surface area contributed by atoms with E-state index in [9.17, 15) is 0 Å². The summed E-state index contributed by atoms with van der Waals surface area (Å²) >= 11 is 7.14. The fourth-order valence-corrected chi connectivity index (χ4v) is 1.17. The van der Waals surface area contributed by atoms with E-state index in [4.69, 9.17) is 9.84 Å². The van der Waals surface area contributed by atoms with Gasteiger partial charge in [-0.3, -0.25) is 0 Å². The average Bonchev–Trinajstić information content (AvgIpc) is 2.04. The molecule has 0 spiro atoms. The minimum Gasteiger partial charge on any atom is -0.469 e. The zero-order valence-electron chi connectivity index (χ0n) is 6.27. The van der Waals surface area contributed by atoms with Crippen molar-refractivity contribution in [2.45, 2.75) is 11.0 Å². The molecule has 66 valence electrons. The molecule has 1 N–H and O–H groups in total. The van der Waals surface area contributed by atoms with E-state index in [0.717, 1.165) is 5.56 Å². The van der Waals surface area contributed by atoms with Gasteiger partial charge >= 0.3 is 0 Å². The van der Waals surface area contributed by atoms with Crippen molar-refractivity contribution in [2.75, 3.05) is 0 Å². The topological polar surface area (TPSA) is 29.5 Å². The van der Waals surface area contributed by atoms with Crippen LogP contribution < -0.4 is 4.74 Å². The molecule has 0 saturated heterocycles. The van der Waals surface area contributed by atoms with Crippen LogP contribution >= 0.6 is 28.6 Å². The molecule has 0 aliphatic heterocycles. The normalized spacial score (nSPS) is 12.6. The van der Waals surface area contributed by atoms with E-state index < -0.39 is 0 Å². The van der Waals surface area contributed by atoms with Crippen LogP contribution in [-0.4, -0.2) is 9.45 Å². The molecule has 4 heteroatoms. The molecule has 0 fully saturated rings. The number of ether oxygens (including phenoxy) is 1. The lowest BCUT2D eigenvalue weighted by Gasteiger charge is -2.10. The highest BCUT2D eigenvalue weighted by atomic mass is 79.9. The molecule has 1 rings (SSSR count). The first kappa shape index (κ1) is 9.89. The third-order valence-corrected chi connectivity index (χ3v) is 1.66. The number of hydrogen-bond donors (Lipinski definition) is 2. The SMILES string of the molecule is OCc1ccccc1OC(S)Br. The van der Waals surface area contributed by atoms with Crippen LogP contribution in [0.4, 0.5) is 0 Å².